The summed E-state index contributed by atoms with van der Waals surface area (Å²) in [5, 5.41) is 1.84. The Balaban J connectivity index is 1.34. The van der Waals surface area contributed by atoms with Crippen molar-refractivity contribution in [3.05, 3.63) is 107 Å². The van der Waals surface area contributed by atoms with Crippen molar-refractivity contribution in [3.8, 4) is 0 Å². The quantitative estimate of drug-likeness (QED) is 0.131. The van der Waals surface area contributed by atoms with E-state index in [1.54, 1.807) is 48.5 Å². The number of alkyl halides is 1. The van der Waals surface area contributed by atoms with Crippen LogP contribution in [-0.4, -0.2) is 98.0 Å². The second kappa shape index (κ2) is 15.5. The fraction of sp³-hybridized carbons (Fsp3) is 0.452. The predicted molar refractivity (Wildman–Crippen MR) is 210 cm³/mol. The number of carbonyl (C=O) groups excluding carboxylic acids is 5. The van der Waals surface area contributed by atoms with Crippen LogP contribution in [0.5, 0.6) is 0 Å². The van der Waals surface area contributed by atoms with Gasteiger partial charge in [0.1, 0.15) is 6.61 Å². The van der Waals surface area contributed by atoms with E-state index in [9.17, 15) is 24.0 Å². The molecule has 0 radical (unpaired) electrons. The lowest BCUT2D eigenvalue weighted by Crippen LogP contribution is -2.65. The van der Waals surface area contributed by atoms with E-state index in [-0.39, 0.29) is 53.6 Å². The molecule has 12 nitrogen and oxygen atoms in total. The molecule has 3 aliphatic heterocycles. The monoisotopic (exact) mass is 801 g/mol. The third kappa shape index (κ3) is 7.19. The highest BCUT2D eigenvalue weighted by Crippen LogP contribution is 2.53. The molecule has 296 valence electrons. The molecule has 0 spiro atoms. The van der Waals surface area contributed by atoms with Gasteiger partial charge in [-0.2, -0.15) is 0 Å². The topological polar surface area (TPSA) is 141 Å². The zero-order valence-corrected chi connectivity index (χ0v) is 34.0. The number of rotatable bonds is 11. The van der Waals surface area contributed by atoms with Gasteiger partial charge in [0.2, 0.25) is 0 Å². The highest BCUT2D eigenvalue weighted by molar-refractivity contribution is 6.74. The average Bonchev–Trinajstić information content (AvgIpc) is 3.67. The Morgan fingerprint density at radius 3 is 1.73 bits per heavy atom. The number of hydrogen-bond acceptors (Lipinski definition) is 9. The third-order valence-corrected chi connectivity index (χ3v) is 17.4. The van der Waals surface area contributed by atoms with Crippen LogP contribution in [0.3, 0.4) is 0 Å². The fourth-order valence-electron chi connectivity index (χ4n) is 8.13. The van der Waals surface area contributed by atoms with Crippen LogP contribution in [0.4, 0.5) is 4.79 Å². The number of halogens is 1. The molecule has 2 fully saturated rings. The SMILES string of the molecule is CC(C)(C)[Si](C)(C)OC[C@@]1(NC(=O)OCc2ccccc2)[C@@H](Cl)[C@H](CN2C(=O)c3ccccc3C2=O)[C@@H](CN2C(=O)c3ccccc3C2=O)[C@@H]1C1OCCCO1. The van der Waals surface area contributed by atoms with E-state index in [1.165, 1.54) is 4.90 Å². The Labute approximate surface area is 332 Å². The highest BCUT2D eigenvalue weighted by atomic mass is 35.5. The lowest BCUT2D eigenvalue weighted by atomic mass is 9.81. The fourth-order valence-corrected chi connectivity index (χ4v) is 9.69. The van der Waals surface area contributed by atoms with Gasteiger partial charge in [0.25, 0.3) is 23.6 Å². The number of imide groups is 2. The Morgan fingerprint density at radius 2 is 1.25 bits per heavy atom. The molecular weight excluding hydrogens is 754 g/mol. The first-order chi connectivity index (χ1) is 26.6. The van der Waals surface area contributed by atoms with Gasteiger partial charge in [0.15, 0.2) is 14.6 Å². The molecule has 3 aromatic rings. The number of hydrogen-bond donors (Lipinski definition) is 1. The minimum Gasteiger partial charge on any atom is -0.445 e. The molecule has 7 rings (SSSR count). The summed E-state index contributed by atoms with van der Waals surface area (Å²) in [6.07, 6.45) is -1.13. The Hall–Kier alpha value is -4.40. The van der Waals surface area contributed by atoms with Gasteiger partial charge < -0.3 is 24.0 Å². The van der Waals surface area contributed by atoms with Crippen LogP contribution < -0.4 is 5.32 Å². The zero-order chi connectivity index (χ0) is 40.0. The molecule has 5 atom stereocenters. The number of benzene rings is 3. The van der Waals surface area contributed by atoms with Gasteiger partial charge in [-0.25, -0.2) is 4.79 Å². The van der Waals surface area contributed by atoms with Crippen LogP contribution in [0.2, 0.25) is 18.1 Å². The van der Waals surface area contributed by atoms with Gasteiger partial charge in [-0.1, -0.05) is 75.4 Å². The van der Waals surface area contributed by atoms with Gasteiger partial charge >= 0.3 is 6.09 Å². The van der Waals surface area contributed by atoms with Crippen LogP contribution in [-0.2, 0) is 25.2 Å². The number of ether oxygens (including phenoxy) is 3. The summed E-state index contributed by atoms with van der Waals surface area (Å²) >= 11 is 7.76. The van der Waals surface area contributed by atoms with Crippen molar-refractivity contribution in [2.75, 3.05) is 32.9 Å². The van der Waals surface area contributed by atoms with Gasteiger partial charge in [-0.15, -0.1) is 11.6 Å². The molecule has 0 bridgehead atoms. The van der Waals surface area contributed by atoms with Crippen LogP contribution in [0.1, 0.15) is 74.2 Å². The van der Waals surface area contributed by atoms with E-state index in [4.69, 9.17) is 30.2 Å². The van der Waals surface area contributed by atoms with Crippen molar-refractivity contribution in [2.24, 2.45) is 17.8 Å². The van der Waals surface area contributed by atoms with Crippen molar-refractivity contribution >= 4 is 49.6 Å². The minimum absolute atomic E-state index is 0.0309. The molecule has 0 unspecified atom stereocenters. The number of fused-ring (bicyclic) bond motifs is 2. The van der Waals surface area contributed by atoms with Crippen LogP contribution >= 0.6 is 11.6 Å². The van der Waals surface area contributed by atoms with Crippen LogP contribution in [0, 0.1) is 17.8 Å². The summed E-state index contributed by atoms with van der Waals surface area (Å²) in [4.78, 5) is 72.2. The zero-order valence-electron chi connectivity index (χ0n) is 32.3. The Kier molecular flexibility index (Phi) is 11.0. The molecular formula is C42H48ClN3O9Si. The predicted octanol–water partition coefficient (Wildman–Crippen LogP) is 6.50. The van der Waals surface area contributed by atoms with Crippen molar-refractivity contribution in [2.45, 2.75) is 69.1 Å². The van der Waals surface area contributed by atoms with E-state index in [2.05, 4.69) is 39.2 Å². The number of nitrogens with zero attached hydrogens (tertiary/aromatic N) is 2. The molecule has 1 saturated carbocycles. The van der Waals surface area contributed by atoms with E-state index in [0.717, 1.165) is 10.5 Å². The largest absolute Gasteiger partial charge is 0.445 e. The molecule has 56 heavy (non-hydrogen) atoms. The van der Waals surface area contributed by atoms with Crippen molar-refractivity contribution in [1.29, 1.82) is 0 Å². The van der Waals surface area contributed by atoms with Crippen molar-refractivity contribution in [1.82, 2.24) is 15.1 Å². The van der Waals surface area contributed by atoms with Crippen LogP contribution in [0.25, 0.3) is 0 Å². The number of alkyl carbamates (subject to hydrolysis) is 1. The first kappa shape index (κ1) is 39.8. The van der Waals surface area contributed by atoms with Gasteiger partial charge in [-0.05, 0) is 60.3 Å². The lowest BCUT2D eigenvalue weighted by Gasteiger charge is -2.46. The van der Waals surface area contributed by atoms with Gasteiger partial charge in [0.05, 0.1) is 53.0 Å². The molecule has 1 saturated heterocycles. The number of nitrogens with one attached hydrogen (secondary N) is 1. The maximum absolute atomic E-state index is 14.1. The summed E-state index contributed by atoms with van der Waals surface area (Å²) in [5.74, 6) is -4.37. The summed E-state index contributed by atoms with van der Waals surface area (Å²) in [6.45, 7) is 10.7. The molecule has 4 aliphatic rings. The van der Waals surface area contributed by atoms with E-state index in [1.807, 2.05) is 30.3 Å². The summed E-state index contributed by atoms with van der Waals surface area (Å²) in [6, 6.07) is 22.4. The molecule has 14 heteroatoms. The van der Waals surface area contributed by atoms with E-state index in [0.29, 0.717) is 19.6 Å². The summed E-state index contributed by atoms with van der Waals surface area (Å²) in [5.41, 5.74) is 0.330. The number of amides is 5. The third-order valence-electron chi connectivity index (χ3n) is 12.2. The molecule has 1 N–H and O–H groups in total. The number of carbonyl (C=O) groups is 5. The Morgan fingerprint density at radius 1 is 0.786 bits per heavy atom. The molecule has 3 heterocycles. The lowest BCUT2D eigenvalue weighted by molar-refractivity contribution is -0.223. The molecule has 3 aromatic carbocycles. The smallest absolute Gasteiger partial charge is 0.408 e. The molecule has 5 amide bonds. The summed E-state index contributed by atoms with van der Waals surface area (Å²) < 4.78 is 25.4. The first-order valence-electron chi connectivity index (χ1n) is 19.0. The molecule has 0 aromatic heterocycles. The van der Waals surface area contributed by atoms with Gasteiger partial charge in [-0.3, -0.25) is 29.0 Å². The van der Waals surface area contributed by atoms with E-state index >= 15 is 0 Å². The average molecular weight is 802 g/mol. The Bertz CT molecular complexity index is 1950. The maximum Gasteiger partial charge on any atom is 0.408 e. The minimum atomic E-state index is -2.57. The van der Waals surface area contributed by atoms with Crippen LogP contribution in [0.15, 0.2) is 78.9 Å². The first-order valence-corrected chi connectivity index (χ1v) is 22.4. The maximum atomic E-state index is 14.1. The van der Waals surface area contributed by atoms with E-state index < -0.39 is 73.0 Å². The summed E-state index contributed by atoms with van der Waals surface area (Å²) in [7, 11) is -2.57. The van der Waals surface area contributed by atoms with Crippen molar-refractivity contribution < 1.29 is 42.6 Å². The highest BCUT2D eigenvalue weighted by Gasteiger charge is 2.66. The normalized spacial score (nSPS) is 25.5. The second-order valence-electron chi connectivity index (χ2n) is 16.5. The standard InChI is InChI=1S/C42H48ClN3O9Si/c1-41(2,3)56(4,5)55-25-42(44-40(51)54-24-26-14-7-6-8-15-26)33(39-52-20-13-21-53-39)31(22-45-35(47)27-16-9-10-17-28(27)36(45)48)32(34(42)43)23-46-37(49)29-18-11-12-19-30(29)38(46)50/h6-12,14-19,31-34,39H,13,20-25H2,1-5H3,(H,44,51)/t31-,32-,33-,34+,42+/m1/s1. The van der Waals surface area contributed by atoms with Gasteiger partial charge in [0, 0.05) is 24.9 Å². The second-order valence-corrected chi connectivity index (χ2v) is 21.8. The molecule has 1 aliphatic carbocycles. The van der Waals surface area contributed by atoms with Crippen molar-refractivity contribution in [3.63, 3.8) is 0 Å².